The van der Waals surface area contributed by atoms with E-state index in [2.05, 4.69) is 16.3 Å². The Hall–Kier alpha value is -3.18. The topological polar surface area (TPSA) is 72.2 Å². The van der Waals surface area contributed by atoms with Crippen molar-refractivity contribution in [1.29, 1.82) is 0 Å². The molecule has 11 heteroatoms. The highest BCUT2D eigenvalue weighted by Gasteiger charge is 2.29. The number of hydrogen-bond acceptors (Lipinski definition) is 8. The predicted molar refractivity (Wildman–Crippen MR) is 126 cm³/mol. The minimum Gasteiger partial charge on any atom is -0.370 e. The van der Waals surface area contributed by atoms with Crippen molar-refractivity contribution in [3.63, 3.8) is 0 Å². The number of thiazole rings is 1. The summed E-state index contributed by atoms with van der Waals surface area (Å²) in [6.07, 6.45) is 6.08. The summed E-state index contributed by atoms with van der Waals surface area (Å²) >= 11 is 1.38. The zero-order valence-corrected chi connectivity index (χ0v) is 19.6. The molecule has 2 aliphatic rings. The van der Waals surface area contributed by atoms with Gasteiger partial charge in [0.1, 0.15) is 22.4 Å². The maximum Gasteiger partial charge on any atom is 0.228 e. The number of fused-ring (bicyclic) bond motifs is 1. The molecule has 176 valence electrons. The third kappa shape index (κ3) is 3.88. The molecule has 6 rings (SSSR count). The SMILES string of the molecule is CN(C)c1nc2nc(N3CCO[C@@H](c4cnn(C5CC5)c4)C3)nc(-c3ccc(F)cc3F)c2s1. The normalized spacial score (nSPS) is 18.6. The molecule has 1 saturated heterocycles. The summed E-state index contributed by atoms with van der Waals surface area (Å²) in [5.41, 5.74) is 2.14. The van der Waals surface area contributed by atoms with Gasteiger partial charge in [-0.05, 0) is 25.0 Å². The summed E-state index contributed by atoms with van der Waals surface area (Å²) in [4.78, 5) is 18.0. The summed E-state index contributed by atoms with van der Waals surface area (Å²) in [6.45, 7) is 1.63. The Balaban J connectivity index is 1.39. The Morgan fingerprint density at radius 3 is 2.76 bits per heavy atom. The van der Waals surface area contributed by atoms with Gasteiger partial charge in [-0.2, -0.15) is 15.1 Å². The number of benzene rings is 1. The van der Waals surface area contributed by atoms with Gasteiger partial charge in [0.05, 0.1) is 31.1 Å². The first-order valence-electron chi connectivity index (χ1n) is 11.2. The van der Waals surface area contributed by atoms with Crippen LogP contribution in [0.5, 0.6) is 0 Å². The average Bonchev–Trinajstić information content (AvgIpc) is 3.38. The molecule has 1 aromatic carbocycles. The van der Waals surface area contributed by atoms with Crippen molar-refractivity contribution in [3.05, 3.63) is 47.8 Å². The standard InChI is InChI=1S/C23H23F2N7OS/c1-30(2)23-29-21-20(34-23)19(16-6-3-14(24)9-17(16)25)27-22(28-21)31-7-8-33-18(12-31)13-10-26-32(11-13)15-4-5-15/h3,6,9-11,15,18H,4-5,7-8,12H2,1-2H3/t18-/m1/s1. The highest BCUT2D eigenvalue weighted by Crippen LogP contribution is 2.38. The van der Waals surface area contributed by atoms with Crippen LogP contribution in [0.25, 0.3) is 21.6 Å². The molecule has 0 amide bonds. The van der Waals surface area contributed by atoms with Crippen molar-refractivity contribution >= 4 is 32.8 Å². The molecule has 4 heterocycles. The quantitative estimate of drug-likeness (QED) is 0.421. The molecule has 1 saturated carbocycles. The van der Waals surface area contributed by atoms with Crippen molar-refractivity contribution in [1.82, 2.24) is 24.7 Å². The van der Waals surface area contributed by atoms with Crippen LogP contribution in [0, 0.1) is 11.6 Å². The van der Waals surface area contributed by atoms with Crippen LogP contribution < -0.4 is 9.80 Å². The van der Waals surface area contributed by atoms with E-state index >= 15 is 0 Å². The molecule has 1 atom stereocenters. The number of aromatic nitrogens is 5. The fourth-order valence-corrected chi connectivity index (χ4v) is 5.02. The third-order valence-corrected chi connectivity index (χ3v) is 7.28. The van der Waals surface area contributed by atoms with Crippen molar-refractivity contribution in [2.45, 2.75) is 25.0 Å². The molecule has 0 N–H and O–H groups in total. The molecular formula is C23H23F2N7OS. The summed E-state index contributed by atoms with van der Waals surface area (Å²) in [7, 11) is 3.77. The number of rotatable bonds is 5. The van der Waals surface area contributed by atoms with Crippen LogP contribution in [0.4, 0.5) is 19.9 Å². The Morgan fingerprint density at radius 2 is 2.00 bits per heavy atom. The van der Waals surface area contributed by atoms with E-state index in [1.807, 2.05) is 34.8 Å². The second-order valence-corrected chi connectivity index (χ2v) is 9.81. The highest BCUT2D eigenvalue weighted by atomic mass is 32.1. The molecule has 3 aromatic heterocycles. The first-order chi connectivity index (χ1) is 16.5. The lowest BCUT2D eigenvalue weighted by Crippen LogP contribution is -2.39. The Bertz CT molecular complexity index is 1370. The van der Waals surface area contributed by atoms with Crippen LogP contribution in [0.1, 0.15) is 30.6 Å². The van der Waals surface area contributed by atoms with Gasteiger partial charge in [0.25, 0.3) is 0 Å². The summed E-state index contributed by atoms with van der Waals surface area (Å²) < 4.78 is 37.1. The summed E-state index contributed by atoms with van der Waals surface area (Å²) in [5.74, 6) is -0.851. The number of hydrogen-bond donors (Lipinski definition) is 0. The zero-order valence-electron chi connectivity index (χ0n) is 18.8. The van der Waals surface area contributed by atoms with Gasteiger partial charge in [0.15, 0.2) is 10.8 Å². The van der Waals surface area contributed by atoms with Gasteiger partial charge < -0.3 is 14.5 Å². The Labute approximate surface area is 198 Å². The minimum atomic E-state index is -0.668. The van der Waals surface area contributed by atoms with E-state index in [4.69, 9.17) is 14.7 Å². The molecule has 4 aromatic rings. The molecule has 1 aliphatic heterocycles. The Morgan fingerprint density at radius 1 is 1.15 bits per heavy atom. The van der Waals surface area contributed by atoms with Crippen molar-refractivity contribution in [2.75, 3.05) is 43.6 Å². The average molecular weight is 484 g/mol. The number of nitrogens with zero attached hydrogens (tertiary/aromatic N) is 7. The maximum absolute atomic E-state index is 14.8. The molecule has 0 bridgehead atoms. The molecular weight excluding hydrogens is 460 g/mol. The minimum absolute atomic E-state index is 0.167. The second kappa shape index (κ2) is 8.24. The Kier molecular flexibility index (Phi) is 5.18. The fourth-order valence-electron chi connectivity index (χ4n) is 4.09. The zero-order chi connectivity index (χ0) is 23.4. The van der Waals surface area contributed by atoms with Gasteiger partial charge in [-0.3, -0.25) is 4.68 Å². The van der Waals surface area contributed by atoms with Crippen molar-refractivity contribution in [2.24, 2.45) is 0 Å². The number of anilines is 2. The lowest BCUT2D eigenvalue weighted by Gasteiger charge is -2.32. The van der Waals surface area contributed by atoms with Crippen LogP contribution in [0.2, 0.25) is 0 Å². The number of halogens is 2. The summed E-state index contributed by atoms with van der Waals surface area (Å²) in [6, 6.07) is 4.03. The smallest absolute Gasteiger partial charge is 0.228 e. The molecule has 34 heavy (non-hydrogen) atoms. The van der Waals surface area contributed by atoms with E-state index in [1.165, 1.54) is 23.5 Å². The second-order valence-electron chi connectivity index (χ2n) is 8.83. The summed E-state index contributed by atoms with van der Waals surface area (Å²) in [5, 5.41) is 5.22. The van der Waals surface area contributed by atoms with E-state index in [1.54, 1.807) is 0 Å². The fraction of sp³-hybridized carbons (Fsp3) is 0.391. The van der Waals surface area contributed by atoms with E-state index in [9.17, 15) is 8.78 Å². The molecule has 0 unspecified atom stereocenters. The van der Waals surface area contributed by atoms with Crippen molar-refractivity contribution in [3.8, 4) is 11.3 Å². The van der Waals surface area contributed by atoms with Gasteiger partial charge in [-0.25, -0.2) is 13.8 Å². The highest BCUT2D eigenvalue weighted by molar-refractivity contribution is 7.22. The van der Waals surface area contributed by atoms with E-state index in [0.717, 1.165) is 29.6 Å². The van der Waals surface area contributed by atoms with Crippen LogP contribution in [-0.4, -0.2) is 58.5 Å². The molecule has 8 nitrogen and oxygen atoms in total. The predicted octanol–water partition coefficient (Wildman–Crippen LogP) is 4.21. The largest absolute Gasteiger partial charge is 0.370 e. The third-order valence-electron chi connectivity index (χ3n) is 6.06. The van der Waals surface area contributed by atoms with E-state index in [0.29, 0.717) is 47.7 Å². The van der Waals surface area contributed by atoms with Gasteiger partial charge in [0, 0.05) is 44.0 Å². The van der Waals surface area contributed by atoms with Crippen LogP contribution >= 0.6 is 11.3 Å². The molecule has 0 spiro atoms. The monoisotopic (exact) mass is 483 g/mol. The lowest BCUT2D eigenvalue weighted by atomic mass is 10.1. The van der Waals surface area contributed by atoms with E-state index < -0.39 is 11.6 Å². The van der Waals surface area contributed by atoms with Crippen LogP contribution in [0.3, 0.4) is 0 Å². The lowest BCUT2D eigenvalue weighted by molar-refractivity contribution is 0.0392. The first-order valence-corrected chi connectivity index (χ1v) is 12.0. The van der Waals surface area contributed by atoms with Gasteiger partial charge in [-0.1, -0.05) is 11.3 Å². The van der Waals surface area contributed by atoms with Gasteiger partial charge in [0.2, 0.25) is 5.95 Å². The first kappa shape index (κ1) is 21.4. The van der Waals surface area contributed by atoms with Gasteiger partial charge in [-0.15, -0.1) is 0 Å². The number of morpholine rings is 1. The van der Waals surface area contributed by atoms with E-state index in [-0.39, 0.29) is 11.7 Å². The van der Waals surface area contributed by atoms with Gasteiger partial charge >= 0.3 is 0 Å². The van der Waals surface area contributed by atoms with Crippen LogP contribution in [0.15, 0.2) is 30.6 Å². The molecule has 1 aliphatic carbocycles. The maximum atomic E-state index is 14.8. The number of ether oxygens (including phenoxy) is 1. The molecule has 0 radical (unpaired) electrons. The van der Waals surface area contributed by atoms with Crippen LogP contribution in [-0.2, 0) is 4.74 Å². The molecule has 2 fully saturated rings. The van der Waals surface area contributed by atoms with Crippen molar-refractivity contribution < 1.29 is 13.5 Å².